The Kier molecular flexibility index (Phi) is 4.42. The normalized spacial score (nSPS) is 24.2. The van der Waals surface area contributed by atoms with Gasteiger partial charge in [-0.2, -0.15) is 17.0 Å². The molecule has 1 fully saturated rings. The molecule has 2 heterocycles. The summed E-state index contributed by atoms with van der Waals surface area (Å²) in [6.07, 6.45) is 6.26. The number of rotatable bonds is 4. The van der Waals surface area contributed by atoms with Crippen molar-refractivity contribution in [2.75, 3.05) is 39.8 Å². The van der Waals surface area contributed by atoms with Gasteiger partial charge in [0.05, 0.1) is 0 Å². The highest BCUT2D eigenvalue weighted by atomic mass is 32.2. The van der Waals surface area contributed by atoms with Gasteiger partial charge in [0.15, 0.2) is 0 Å². The first kappa shape index (κ1) is 14.0. The molecule has 0 aliphatic carbocycles. The summed E-state index contributed by atoms with van der Waals surface area (Å²) in [7, 11) is -1.58. The van der Waals surface area contributed by atoms with Crippen LogP contribution in [0.5, 0.6) is 0 Å². The molecular weight excluding hydrogens is 250 g/mol. The van der Waals surface area contributed by atoms with Gasteiger partial charge in [0.1, 0.15) is 0 Å². The SMILES string of the molecule is CCN(C)S(=O)(=O)N1CCC(N2CC=CC2)CC1. The summed E-state index contributed by atoms with van der Waals surface area (Å²) in [6, 6.07) is 0.540. The minimum atomic E-state index is -3.23. The van der Waals surface area contributed by atoms with Crippen LogP contribution in [0, 0.1) is 0 Å². The fourth-order valence-electron chi connectivity index (χ4n) is 2.59. The number of hydrogen-bond donors (Lipinski definition) is 0. The second-order valence-corrected chi connectivity index (χ2v) is 7.01. The molecule has 0 saturated carbocycles. The van der Waals surface area contributed by atoms with E-state index in [0.29, 0.717) is 25.7 Å². The lowest BCUT2D eigenvalue weighted by molar-refractivity contribution is 0.170. The molecule has 0 unspecified atom stereocenters. The largest absolute Gasteiger partial charge is 0.293 e. The number of piperidine rings is 1. The van der Waals surface area contributed by atoms with E-state index >= 15 is 0 Å². The van der Waals surface area contributed by atoms with Crippen LogP contribution in [0.1, 0.15) is 19.8 Å². The molecule has 6 heteroatoms. The zero-order chi connectivity index (χ0) is 13.2. The molecule has 0 bridgehead atoms. The van der Waals surface area contributed by atoms with Gasteiger partial charge in [-0.05, 0) is 12.8 Å². The van der Waals surface area contributed by atoms with E-state index in [1.807, 2.05) is 6.92 Å². The summed E-state index contributed by atoms with van der Waals surface area (Å²) in [6.45, 7) is 5.72. The van der Waals surface area contributed by atoms with E-state index in [2.05, 4.69) is 17.1 Å². The van der Waals surface area contributed by atoms with Crippen molar-refractivity contribution in [3.05, 3.63) is 12.2 Å². The second-order valence-electron chi connectivity index (χ2n) is 4.98. The van der Waals surface area contributed by atoms with Crippen LogP contribution in [-0.2, 0) is 10.2 Å². The van der Waals surface area contributed by atoms with Crippen molar-refractivity contribution >= 4 is 10.2 Å². The average Bonchev–Trinajstić information content (AvgIpc) is 2.91. The smallest absolute Gasteiger partial charge is 0.281 e. The Morgan fingerprint density at radius 3 is 2.28 bits per heavy atom. The van der Waals surface area contributed by atoms with E-state index in [0.717, 1.165) is 25.9 Å². The summed E-state index contributed by atoms with van der Waals surface area (Å²) in [4.78, 5) is 2.42. The maximum Gasteiger partial charge on any atom is 0.281 e. The van der Waals surface area contributed by atoms with Crippen LogP contribution in [0.2, 0.25) is 0 Å². The van der Waals surface area contributed by atoms with E-state index in [9.17, 15) is 8.42 Å². The first-order chi connectivity index (χ1) is 8.55. The number of nitrogens with zero attached hydrogens (tertiary/aromatic N) is 3. The quantitative estimate of drug-likeness (QED) is 0.701. The molecule has 0 aromatic rings. The first-order valence-corrected chi connectivity index (χ1v) is 8.06. The van der Waals surface area contributed by atoms with E-state index in [-0.39, 0.29) is 0 Å². The van der Waals surface area contributed by atoms with Crippen LogP contribution in [0.25, 0.3) is 0 Å². The van der Waals surface area contributed by atoms with Gasteiger partial charge in [0.25, 0.3) is 10.2 Å². The fraction of sp³-hybridized carbons (Fsp3) is 0.833. The van der Waals surface area contributed by atoms with Gasteiger partial charge in [-0.3, -0.25) is 4.90 Å². The Hall–Kier alpha value is -0.430. The van der Waals surface area contributed by atoms with Crippen molar-refractivity contribution in [3.63, 3.8) is 0 Å². The summed E-state index contributed by atoms with van der Waals surface area (Å²) in [5.41, 5.74) is 0. The lowest BCUT2D eigenvalue weighted by Gasteiger charge is -2.37. The third kappa shape index (κ3) is 2.77. The van der Waals surface area contributed by atoms with Crippen molar-refractivity contribution in [1.82, 2.24) is 13.5 Å². The van der Waals surface area contributed by atoms with Crippen LogP contribution in [0.15, 0.2) is 12.2 Å². The van der Waals surface area contributed by atoms with Gasteiger partial charge < -0.3 is 0 Å². The molecule has 2 rings (SSSR count). The molecule has 0 atom stereocenters. The summed E-state index contributed by atoms with van der Waals surface area (Å²) < 4.78 is 27.4. The van der Waals surface area contributed by atoms with Crippen molar-refractivity contribution < 1.29 is 8.42 Å². The third-order valence-corrected chi connectivity index (χ3v) is 6.02. The summed E-state index contributed by atoms with van der Waals surface area (Å²) in [5.74, 6) is 0. The Morgan fingerprint density at radius 2 is 1.78 bits per heavy atom. The molecule has 0 N–H and O–H groups in total. The minimum Gasteiger partial charge on any atom is -0.293 e. The molecule has 2 aliphatic rings. The van der Waals surface area contributed by atoms with Crippen LogP contribution < -0.4 is 0 Å². The Bertz CT molecular complexity index is 392. The van der Waals surface area contributed by atoms with Gasteiger partial charge in [0.2, 0.25) is 0 Å². The third-order valence-electron chi connectivity index (χ3n) is 3.95. The Labute approximate surface area is 110 Å². The van der Waals surface area contributed by atoms with Crippen molar-refractivity contribution in [3.8, 4) is 0 Å². The molecule has 0 spiro atoms. The molecule has 1 saturated heterocycles. The van der Waals surface area contributed by atoms with Crippen molar-refractivity contribution in [2.45, 2.75) is 25.8 Å². The van der Waals surface area contributed by atoms with Gasteiger partial charge in [-0.1, -0.05) is 19.1 Å². The van der Waals surface area contributed by atoms with E-state index in [4.69, 9.17) is 0 Å². The molecule has 0 aromatic carbocycles. The van der Waals surface area contributed by atoms with Gasteiger partial charge in [-0.15, -0.1) is 0 Å². The minimum absolute atomic E-state index is 0.526. The highest BCUT2D eigenvalue weighted by Crippen LogP contribution is 2.21. The molecule has 0 radical (unpaired) electrons. The zero-order valence-electron chi connectivity index (χ0n) is 11.2. The molecule has 5 nitrogen and oxygen atoms in total. The maximum atomic E-state index is 12.2. The molecule has 0 amide bonds. The van der Waals surface area contributed by atoms with Crippen molar-refractivity contribution in [1.29, 1.82) is 0 Å². The molecule has 0 aromatic heterocycles. The molecule has 18 heavy (non-hydrogen) atoms. The molecule has 104 valence electrons. The lowest BCUT2D eigenvalue weighted by Crippen LogP contribution is -2.49. The summed E-state index contributed by atoms with van der Waals surface area (Å²) in [5, 5.41) is 0. The fourth-order valence-corrected chi connectivity index (χ4v) is 3.98. The van der Waals surface area contributed by atoms with Crippen LogP contribution in [-0.4, -0.2) is 67.7 Å². The monoisotopic (exact) mass is 273 g/mol. The topological polar surface area (TPSA) is 43.9 Å². The number of hydrogen-bond acceptors (Lipinski definition) is 3. The molecular formula is C12H23N3O2S. The van der Waals surface area contributed by atoms with E-state index in [1.165, 1.54) is 4.31 Å². The van der Waals surface area contributed by atoms with E-state index in [1.54, 1.807) is 11.4 Å². The first-order valence-electron chi connectivity index (χ1n) is 6.66. The van der Waals surface area contributed by atoms with Gasteiger partial charge in [-0.25, -0.2) is 0 Å². The van der Waals surface area contributed by atoms with Crippen LogP contribution >= 0.6 is 0 Å². The standard InChI is InChI=1S/C12H23N3O2S/c1-3-13(2)18(16,17)15-10-6-12(7-11-15)14-8-4-5-9-14/h4-5,12H,3,6-11H2,1-2H3. The van der Waals surface area contributed by atoms with Crippen molar-refractivity contribution in [2.24, 2.45) is 0 Å². The predicted molar refractivity (Wildman–Crippen MR) is 72.5 cm³/mol. The predicted octanol–water partition coefficient (Wildman–Crippen LogP) is 0.519. The summed E-state index contributed by atoms with van der Waals surface area (Å²) >= 11 is 0. The van der Waals surface area contributed by atoms with Gasteiger partial charge in [0, 0.05) is 45.8 Å². The maximum absolute atomic E-state index is 12.2. The lowest BCUT2D eigenvalue weighted by atomic mass is 10.1. The zero-order valence-corrected chi connectivity index (χ0v) is 12.1. The Morgan fingerprint density at radius 1 is 1.22 bits per heavy atom. The average molecular weight is 273 g/mol. The highest BCUT2D eigenvalue weighted by Gasteiger charge is 2.32. The molecule has 2 aliphatic heterocycles. The Balaban J connectivity index is 1.90. The van der Waals surface area contributed by atoms with Crippen LogP contribution in [0.4, 0.5) is 0 Å². The van der Waals surface area contributed by atoms with Gasteiger partial charge >= 0.3 is 0 Å². The highest BCUT2D eigenvalue weighted by molar-refractivity contribution is 7.86. The van der Waals surface area contributed by atoms with E-state index < -0.39 is 10.2 Å². The second kappa shape index (κ2) is 5.69. The van der Waals surface area contributed by atoms with Crippen LogP contribution in [0.3, 0.4) is 0 Å².